The lowest BCUT2D eigenvalue weighted by molar-refractivity contribution is -0.113. The van der Waals surface area contributed by atoms with Crippen molar-refractivity contribution in [2.75, 3.05) is 0 Å². The molecule has 0 aromatic rings. The van der Waals surface area contributed by atoms with E-state index in [1.54, 1.807) is 70.6 Å². The zero-order valence-electron chi connectivity index (χ0n) is 30.6. The van der Waals surface area contributed by atoms with E-state index in [-0.39, 0.29) is 0 Å². The highest BCUT2D eigenvalue weighted by molar-refractivity contribution is 5.06. The molecule has 10 saturated carbocycles. The van der Waals surface area contributed by atoms with Crippen LogP contribution in [-0.2, 0) is 0 Å². The highest BCUT2D eigenvalue weighted by atomic mass is 14.6. The Labute approximate surface area is 265 Å². The summed E-state index contributed by atoms with van der Waals surface area (Å²) in [5.41, 5.74) is 3.27. The molecule has 0 radical (unpaired) electrons. The van der Waals surface area contributed by atoms with Crippen molar-refractivity contribution >= 4 is 0 Å². The van der Waals surface area contributed by atoms with E-state index >= 15 is 0 Å². The molecular formula is C42H76. The van der Waals surface area contributed by atoms with Crippen LogP contribution in [0.1, 0.15) is 191 Å². The quantitative estimate of drug-likeness (QED) is 0.267. The maximum absolute atomic E-state index is 2.53. The third-order valence-electron chi connectivity index (χ3n) is 15.4. The van der Waals surface area contributed by atoms with Gasteiger partial charge in [0.2, 0.25) is 0 Å². The van der Waals surface area contributed by atoms with Gasteiger partial charge in [0.25, 0.3) is 0 Å². The van der Waals surface area contributed by atoms with Crippen LogP contribution in [0.2, 0.25) is 0 Å². The van der Waals surface area contributed by atoms with Gasteiger partial charge >= 0.3 is 0 Å². The molecule has 10 aliphatic carbocycles. The largest absolute Gasteiger partial charge is 0.0599 e. The first-order valence-electron chi connectivity index (χ1n) is 19.5. The first-order chi connectivity index (χ1) is 19.5. The van der Waals surface area contributed by atoms with E-state index < -0.39 is 0 Å². The summed E-state index contributed by atoms with van der Waals surface area (Å²) >= 11 is 0. The summed E-state index contributed by atoms with van der Waals surface area (Å²) in [5, 5.41) is 0. The van der Waals surface area contributed by atoms with E-state index in [1.165, 1.54) is 51.4 Å². The molecule has 0 amide bonds. The van der Waals surface area contributed by atoms with Gasteiger partial charge < -0.3 is 0 Å². The van der Waals surface area contributed by atoms with Crippen LogP contribution >= 0.6 is 0 Å². The van der Waals surface area contributed by atoms with Crippen molar-refractivity contribution in [3.8, 4) is 0 Å². The zero-order valence-corrected chi connectivity index (χ0v) is 30.6. The van der Waals surface area contributed by atoms with Gasteiger partial charge in [-0.15, -0.1) is 0 Å². The molecule has 0 aliphatic heterocycles. The average molecular weight is 581 g/mol. The van der Waals surface area contributed by atoms with Crippen LogP contribution in [0.25, 0.3) is 0 Å². The van der Waals surface area contributed by atoms with Crippen molar-refractivity contribution in [3.05, 3.63) is 0 Å². The van der Waals surface area contributed by atoms with Gasteiger partial charge in [-0.25, -0.2) is 0 Å². The molecule has 0 nitrogen and oxygen atoms in total. The molecule has 10 fully saturated rings. The molecule has 10 aliphatic rings. The minimum atomic E-state index is 0.559. The van der Waals surface area contributed by atoms with Crippen molar-refractivity contribution < 1.29 is 0 Å². The Bertz CT molecular complexity index is 791. The topological polar surface area (TPSA) is 0 Å². The Hall–Kier alpha value is 0. The summed E-state index contributed by atoms with van der Waals surface area (Å²) in [6.07, 6.45) is 29.0. The van der Waals surface area contributed by atoms with E-state index in [1.807, 2.05) is 0 Å². The first kappa shape index (κ1) is 33.4. The molecule has 8 bridgehead atoms. The zero-order chi connectivity index (χ0) is 30.6. The van der Waals surface area contributed by atoms with Crippen LogP contribution < -0.4 is 0 Å². The molecule has 0 aromatic carbocycles. The van der Waals surface area contributed by atoms with Crippen LogP contribution in [0.3, 0.4) is 0 Å². The first-order valence-corrected chi connectivity index (χ1v) is 19.5. The van der Waals surface area contributed by atoms with Crippen LogP contribution in [0.5, 0.6) is 0 Å². The Kier molecular flexibility index (Phi) is 9.78. The molecule has 0 heteroatoms. The summed E-state index contributed by atoms with van der Waals surface area (Å²) in [5.74, 6) is 8.81. The minimum absolute atomic E-state index is 0.559. The SMILES string of the molecule is CC(C)(C)C12CC3CC(CC(C3)C1)C2.CC(C)(C)C1CCCC1.CC1(C)C2CC3CC(C2)CC1C3.CC1(C)CCCC1. The van der Waals surface area contributed by atoms with E-state index in [0.29, 0.717) is 21.7 Å². The van der Waals surface area contributed by atoms with Gasteiger partial charge in [-0.05, 0) is 171 Å². The maximum Gasteiger partial charge on any atom is -0.0241 e. The van der Waals surface area contributed by atoms with Gasteiger partial charge in [-0.3, -0.25) is 0 Å². The summed E-state index contributed by atoms with van der Waals surface area (Å²) in [6, 6.07) is 0. The van der Waals surface area contributed by atoms with Gasteiger partial charge in [0.05, 0.1) is 0 Å². The fraction of sp³-hybridized carbons (Fsp3) is 1.00. The van der Waals surface area contributed by atoms with Crippen LogP contribution in [0.15, 0.2) is 0 Å². The second-order valence-electron chi connectivity index (χ2n) is 21.3. The fourth-order valence-corrected chi connectivity index (χ4v) is 12.6. The van der Waals surface area contributed by atoms with Gasteiger partial charge in [0, 0.05) is 0 Å². The Balaban J connectivity index is 0.000000116. The number of rotatable bonds is 0. The van der Waals surface area contributed by atoms with E-state index in [4.69, 9.17) is 0 Å². The molecule has 244 valence electrons. The van der Waals surface area contributed by atoms with Crippen LogP contribution in [0, 0.1) is 74.4 Å². The van der Waals surface area contributed by atoms with E-state index in [0.717, 1.165) is 52.8 Å². The molecule has 10 rings (SSSR count). The molecule has 0 aromatic heterocycles. The Morgan fingerprint density at radius 1 is 0.476 bits per heavy atom. The van der Waals surface area contributed by atoms with Gasteiger partial charge in [-0.2, -0.15) is 0 Å². The number of hydrogen-bond donors (Lipinski definition) is 0. The van der Waals surface area contributed by atoms with Crippen molar-refractivity contribution in [2.24, 2.45) is 74.4 Å². The smallest absolute Gasteiger partial charge is 0.0241 e. The van der Waals surface area contributed by atoms with E-state index in [2.05, 4.69) is 69.2 Å². The maximum atomic E-state index is 2.53. The third kappa shape index (κ3) is 7.51. The van der Waals surface area contributed by atoms with Crippen molar-refractivity contribution in [1.82, 2.24) is 0 Å². The summed E-state index contributed by atoms with van der Waals surface area (Å²) in [4.78, 5) is 0. The number of hydrogen-bond acceptors (Lipinski definition) is 0. The predicted molar refractivity (Wildman–Crippen MR) is 185 cm³/mol. The average Bonchev–Trinajstić information content (AvgIpc) is 3.54. The van der Waals surface area contributed by atoms with Crippen molar-refractivity contribution in [1.29, 1.82) is 0 Å². The fourth-order valence-electron chi connectivity index (χ4n) is 12.6. The van der Waals surface area contributed by atoms with Gasteiger partial charge in [0.1, 0.15) is 0 Å². The molecule has 42 heavy (non-hydrogen) atoms. The summed E-state index contributed by atoms with van der Waals surface area (Å²) < 4.78 is 0. The lowest BCUT2D eigenvalue weighted by Crippen LogP contribution is -2.51. The Morgan fingerprint density at radius 3 is 1.14 bits per heavy atom. The predicted octanol–water partition coefficient (Wildman–Crippen LogP) is 13.5. The molecule has 0 atom stereocenters. The molecule has 0 unspecified atom stereocenters. The normalized spacial score (nSPS) is 42.3. The molecule has 0 saturated heterocycles. The Morgan fingerprint density at radius 2 is 0.857 bits per heavy atom. The lowest BCUT2D eigenvalue weighted by Gasteiger charge is -2.62. The molecule has 0 spiro atoms. The minimum Gasteiger partial charge on any atom is -0.0599 e. The molecule has 0 N–H and O–H groups in total. The second-order valence-corrected chi connectivity index (χ2v) is 21.3. The standard InChI is InChI=1S/C14H24.C12H20.C9H18.C7H14/c1-13(2,3)14-7-10-4-11(8-14)6-12(5-10)9-14;1-12(2)10-4-8-3-9(6-10)7-11(12)5-8;1-9(2,3)8-6-4-5-7-8;1-7(2)5-3-4-6-7/h10-12H,4-9H2,1-3H3;8-11H,3-7H2,1-2H3;8H,4-7H2,1-3H3;3-6H2,1-2H3. The second kappa shape index (κ2) is 12.3. The van der Waals surface area contributed by atoms with Crippen molar-refractivity contribution in [2.45, 2.75) is 191 Å². The highest BCUT2D eigenvalue weighted by Crippen LogP contribution is 2.66. The van der Waals surface area contributed by atoms with Crippen molar-refractivity contribution in [3.63, 3.8) is 0 Å². The summed E-state index contributed by atoms with van der Waals surface area (Å²) in [7, 11) is 0. The molecule has 0 heterocycles. The third-order valence-corrected chi connectivity index (χ3v) is 15.4. The lowest BCUT2D eigenvalue weighted by atomic mass is 9.43. The summed E-state index contributed by atoms with van der Waals surface area (Å²) in [6.45, 7) is 24.3. The monoisotopic (exact) mass is 581 g/mol. The van der Waals surface area contributed by atoms with Gasteiger partial charge in [0.15, 0.2) is 0 Å². The highest BCUT2D eigenvalue weighted by Gasteiger charge is 2.55. The van der Waals surface area contributed by atoms with Gasteiger partial charge in [-0.1, -0.05) is 94.9 Å². The van der Waals surface area contributed by atoms with Crippen LogP contribution in [-0.4, -0.2) is 0 Å². The van der Waals surface area contributed by atoms with E-state index in [9.17, 15) is 0 Å². The molecular weight excluding hydrogens is 504 g/mol. The van der Waals surface area contributed by atoms with Crippen LogP contribution in [0.4, 0.5) is 0 Å².